The summed E-state index contributed by atoms with van der Waals surface area (Å²) in [5, 5.41) is 9.30. The predicted molar refractivity (Wildman–Crippen MR) is 211 cm³/mol. The number of anilines is 2. The van der Waals surface area contributed by atoms with Crippen molar-refractivity contribution in [2.45, 2.75) is 63.9 Å². The van der Waals surface area contributed by atoms with Crippen molar-refractivity contribution in [3.63, 3.8) is 0 Å². The van der Waals surface area contributed by atoms with Crippen molar-refractivity contribution in [3.05, 3.63) is 107 Å². The Hall–Kier alpha value is -3.46. The predicted octanol–water partition coefficient (Wildman–Crippen LogP) is 2.28. The minimum atomic E-state index is -4.01. The molecule has 0 aromatic heterocycles. The molecule has 4 aromatic carbocycles. The SMILES string of the molecule is COc1cc(C)c(S(=O)(=O)N(CC(=O)OC(C)(C)C)c2ccccc2)c(C)c1.COc1cc(C)c(S(=O)(=O)N(CCO)c2ccccc2)c(C)c1.[AlH3].[H-].[Li+]. The molecular weight excluding hydrogens is 726 g/mol. The van der Waals surface area contributed by atoms with Crippen LogP contribution in [0.15, 0.2) is 94.7 Å². The first kappa shape index (κ1) is 47.6. The largest absolute Gasteiger partial charge is 1.00 e. The van der Waals surface area contributed by atoms with Crippen molar-refractivity contribution in [2.75, 3.05) is 42.5 Å². The second kappa shape index (κ2) is 20.3. The Kier molecular flexibility index (Phi) is 18.2. The van der Waals surface area contributed by atoms with E-state index in [1.165, 1.54) is 11.4 Å². The number of rotatable bonds is 12. The molecular formula is C38H52AlLiN2O9S2. The Morgan fingerprint density at radius 3 is 1.34 bits per heavy atom. The fourth-order valence-corrected chi connectivity index (χ4v) is 9.26. The number of aliphatic hydroxyl groups excluding tert-OH is 1. The Morgan fingerprint density at radius 2 is 1.02 bits per heavy atom. The van der Waals surface area contributed by atoms with Crippen molar-refractivity contribution >= 4 is 54.8 Å². The van der Waals surface area contributed by atoms with Crippen LogP contribution in [0.4, 0.5) is 11.4 Å². The molecule has 0 aliphatic carbocycles. The zero-order valence-corrected chi connectivity index (χ0v) is 33.3. The summed E-state index contributed by atoms with van der Waals surface area (Å²) in [5.74, 6) is 0.573. The van der Waals surface area contributed by atoms with E-state index < -0.39 is 38.2 Å². The van der Waals surface area contributed by atoms with Crippen molar-refractivity contribution in [2.24, 2.45) is 0 Å². The van der Waals surface area contributed by atoms with Gasteiger partial charge >= 0.3 is 24.8 Å². The molecule has 0 fully saturated rings. The van der Waals surface area contributed by atoms with E-state index in [1.807, 2.05) is 6.07 Å². The summed E-state index contributed by atoms with van der Waals surface area (Å²) in [4.78, 5) is 12.8. The van der Waals surface area contributed by atoms with Crippen molar-refractivity contribution in [3.8, 4) is 11.5 Å². The number of aryl methyl sites for hydroxylation is 4. The number of ether oxygens (including phenoxy) is 3. The average Bonchev–Trinajstić information content (AvgIpc) is 3.05. The van der Waals surface area contributed by atoms with Crippen LogP contribution in [0.2, 0.25) is 0 Å². The molecule has 0 radical (unpaired) electrons. The van der Waals surface area contributed by atoms with Crippen molar-refractivity contribution < 1.29 is 61.2 Å². The molecule has 4 rings (SSSR count). The van der Waals surface area contributed by atoms with Crippen LogP contribution >= 0.6 is 0 Å². The molecule has 0 saturated heterocycles. The summed E-state index contributed by atoms with van der Waals surface area (Å²) in [6.45, 7) is 11.4. The summed E-state index contributed by atoms with van der Waals surface area (Å²) in [6.07, 6.45) is 0. The quantitative estimate of drug-likeness (QED) is 0.170. The number of aliphatic hydroxyl groups is 1. The molecule has 284 valence electrons. The van der Waals surface area contributed by atoms with E-state index in [1.54, 1.807) is 134 Å². The molecule has 15 heteroatoms. The Labute approximate surface area is 339 Å². The smallest absolute Gasteiger partial charge is 1.00 e. The molecule has 0 spiro atoms. The van der Waals surface area contributed by atoms with E-state index in [9.17, 15) is 26.7 Å². The molecule has 53 heavy (non-hydrogen) atoms. The number of hydrogen-bond donors (Lipinski definition) is 1. The molecule has 0 aliphatic rings. The number of carbonyl (C=O) groups excluding carboxylic acids is 1. The van der Waals surface area contributed by atoms with Crippen LogP contribution in [0, 0.1) is 27.7 Å². The zero-order valence-electron chi connectivity index (χ0n) is 32.6. The van der Waals surface area contributed by atoms with Crippen LogP contribution in [0.1, 0.15) is 44.5 Å². The summed E-state index contributed by atoms with van der Waals surface area (Å²) in [6, 6.07) is 24.0. The first-order valence-corrected chi connectivity index (χ1v) is 19.0. The summed E-state index contributed by atoms with van der Waals surface area (Å²) < 4.78 is 71.5. The Balaban J connectivity index is 0.00000100. The summed E-state index contributed by atoms with van der Waals surface area (Å²) >= 11 is 0. The van der Waals surface area contributed by atoms with Gasteiger partial charge in [-0.1, -0.05) is 36.4 Å². The third kappa shape index (κ3) is 12.3. The molecule has 1 N–H and O–H groups in total. The van der Waals surface area contributed by atoms with Gasteiger partial charge in [0.1, 0.15) is 23.6 Å². The van der Waals surface area contributed by atoms with Crippen LogP contribution < -0.4 is 36.9 Å². The first-order chi connectivity index (χ1) is 23.9. The standard InChI is InChI=1S/C21H27NO5S.C17H21NO4S.Al.Li.4H/c1-15-12-18(26-6)13-16(2)20(15)28(24,25)22(17-10-8-7-9-11-17)14-19(23)27-21(3,4)5;1-13-11-16(22-3)12-14(2)17(13)23(20,21)18(9-10-19)15-7-5-4-6-8-15;;;;;;/h7-13H,14H2,1-6H3;4-8,11-12,19H,9-10H2,1-3H3;;;;;;/q;;;+1;;;;-1. The van der Waals surface area contributed by atoms with Gasteiger partial charge in [-0.05, 0) is 119 Å². The normalized spacial score (nSPS) is 11.1. The van der Waals surface area contributed by atoms with E-state index in [4.69, 9.17) is 14.2 Å². The fraction of sp³-hybridized carbons (Fsp3) is 0.342. The van der Waals surface area contributed by atoms with E-state index in [2.05, 4.69) is 0 Å². The Bertz CT molecular complexity index is 1990. The second-order valence-corrected chi connectivity index (χ2v) is 16.3. The van der Waals surface area contributed by atoms with Gasteiger partial charge in [0.2, 0.25) is 0 Å². The first-order valence-electron chi connectivity index (χ1n) is 16.2. The van der Waals surface area contributed by atoms with Gasteiger partial charge in [-0.2, -0.15) is 0 Å². The van der Waals surface area contributed by atoms with Gasteiger partial charge in [-0.15, -0.1) is 0 Å². The van der Waals surface area contributed by atoms with Crippen molar-refractivity contribution in [1.29, 1.82) is 0 Å². The van der Waals surface area contributed by atoms with Gasteiger partial charge in [-0.3, -0.25) is 13.4 Å². The molecule has 0 bridgehead atoms. The van der Waals surface area contributed by atoms with Crippen molar-refractivity contribution in [1.82, 2.24) is 0 Å². The van der Waals surface area contributed by atoms with Gasteiger partial charge in [0.05, 0.1) is 48.5 Å². The van der Waals surface area contributed by atoms with E-state index in [0.717, 1.165) is 4.31 Å². The van der Waals surface area contributed by atoms with Gasteiger partial charge < -0.3 is 20.7 Å². The number of hydrogen-bond acceptors (Lipinski definition) is 9. The summed E-state index contributed by atoms with van der Waals surface area (Å²) in [5.41, 5.74) is 2.51. The van der Waals surface area contributed by atoms with Crippen LogP contribution in [-0.4, -0.2) is 84.8 Å². The number of methoxy groups -OCH3 is 2. The summed E-state index contributed by atoms with van der Waals surface area (Å²) in [7, 11) is -4.72. The van der Waals surface area contributed by atoms with Crippen LogP contribution in [0.5, 0.6) is 11.5 Å². The van der Waals surface area contributed by atoms with Crippen LogP contribution in [0.3, 0.4) is 0 Å². The van der Waals surface area contributed by atoms with E-state index in [-0.39, 0.29) is 60.6 Å². The molecule has 0 heterocycles. The topological polar surface area (TPSA) is 140 Å². The maximum Gasteiger partial charge on any atom is 1.00 e. The molecule has 0 saturated carbocycles. The van der Waals surface area contributed by atoms with Crippen LogP contribution in [0.25, 0.3) is 0 Å². The molecule has 0 unspecified atom stereocenters. The molecule has 4 aromatic rings. The van der Waals surface area contributed by atoms with Gasteiger partial charge in [0.25, 0.3) is 20.0 Å². The molecule has 0 amide bonds. The van der Waals surface area contributed by atoms with Gasteiger partial charge in [0, 0.05) is 0 Å². The third-order valence-electron chi connectivity index (χ3n) is 7.52. The maximum absolute atomic E-state index is 13.6. The zero-order chi connectivity index (χ0) is 38.1. The number of para-hydroxylation sites is 2. The minimum Gasteiger partial charge on any atom is -1.00 e. The van der Waals surface area contributed by atoms with E-state index >= 15 is 0 Å². The number of sulfonamides is 2. The molecule has 0 atom stereocenters. The number of benzene rings is 4. The van der Waals surface area contributed by atoms with Crippen LogP contribution in [-0.2, 0) is 29.6 Å². The number of nitrogens with zero attached hydrogens (tertiary/aromatic N) is 2. The number of esters is 1. The Morgan fingerprint density at radius 1 is 0.679 bits per heavy atom. The van der Waals surface area contributed by atoms with Gasteiger partial charge in [0.15, 0.2) is 17.4 Å². The maximum atomic E-state index is 13.6. The average molecular weight is 779 g/mol. The third-order valence-corrected chi connectivity index (χ3v) is 11.7. The van der Waals surface area contributed by atoms with Gasteiger partial charge in [-0.25, -0.2) is 16.8 Å². The second-order valence-electron chi connectivity index (χ2n) is 12.8. The fourth-order valence-electron chi connectivity index (χ4n) is 5.56. The monoisotopic (exact) mass is 778 g/mol. The van der Waals surface area contributed by atoms with E-state index in [0.29, 0.717) is 45.1 Å². The minimum absolute atomic E-state index is 0. The molecule has 0 aliphatic heterocycles. The number of carbonyl (C=O) groups is 1. The molecule has 11 nitrogen and oxygen atoms in total.